The molecule has 0 saturated carbocycles. The standard InChI is InChI=1S/C16H22O3/c1-10-6-11(15(2,3)4)7-12-14(10)19-9-16(12,5)8-13(17)18/h6-7H,8-9H2,1-5H3,(H,17,18)/t16-/m0/s1. The average molecular weight is 262 g/mol. The van der Waals surface area contributed by atoms with E-state index in [1.807, 2.05) is 13.8 Å². The van der Waals surface area contributed by atoms with Crippen molar-refractivity contribution < 1.29 is 14.6 Å². The maximum Gasteiger partial charge on any atom is 0.304 e. The molecule has 1 N–H and O–H groups in total. The first kappa shape index (κ1) is 13.9. The zero-order valence-corrected chi connectivity index (χ0v) is 12.3. The molecule has 1 heterocycles. The van der Waals surface area contributed by atoms with Crippen LogP contribution in [0.4, 0.5) is 0 Å². The van der Waals surface area contributed by atoms with Crippen LogP contribution in [0.5, 0.6) is 5.75 Å². The predicted octanol–water partition coefficient (Wildman–Crippen LogP) is 3.42. The van der Waals surface area contributed by atoms with E-state index in [-0.39, 0.29) is 11.8 Å². The van der Waals surface area contributed by atoms with Crippen molar-refractivity contribution in [1.82, 2.24) is 0 Å². The Bertz CT molecular complexity index is 526. The van der Waals surface area contributed by atoms with Crippen LogP contribution >= 0.6 is 0 Å². The van der Waals surface area contributed by atoms with Gasteiger partial charge in [0.2, 0.25) is 0 Å². The summed E-state index contributed by atoms with van der Waals surface area (Å²) in [6, 6.07) is 4.27. The van der Waals surface area contributed by atoms with Crippen molar-refractivity contribution in [3.63, 3.8) is 0 Å². The number of carbonyl (C=O) groups is 1. The van der Waals surface area contributed by atoms with E-state index >= 15 is 0 Å². The molecule has 0 unspecified atom stereocenters. The van der Waals surface area contributed by atoms with Crippen molar-refractivity contribution in [2.45, 2.75) is 51.9 Å². The van der Waals surface area contributed by atoms with E-state index in [0.717, 1.165) is 16.9 Å². The summed E-state index contributed by atoms with van der Waals surface area (Å²) >= 11 is 0. The van der Waals surface area contributed by atoms with Gasteiger partial charge >= 0.3 is 5.97 Å². The fourth-order valence-corrected chi connectivity index (χ4v) is 2.64. The summed E-state index contributed by atoms with van der Waals surface area (Å²) in [4.78, 5) is 11.1. The Morgan fingerprint density at radius 3 is 2.58 bits per heavy atom. The molecule has 0 aliphatic carbocycles. The van der Waals surface area contributed by atoms with Crippen LogP contribution in [-0.2, 0) is 15.6 Å². The van der Waals surface area contributed by atoms with E-state index in [4.69, 9.17) is 9.84 Å². The summed E-state index contributed by atoms with van der Waals surface area (Å²) in [6.07, 6.45) is 0.104. The third-order valence-corrected chi connectivity index (χ3v) is 3.87. The monoisotopic (exact) mass is 262 g/mol. The molecule has 1 aliphatic rings. The quantitative estimate of drug-likeness (QED) is 0.888. The number of carboxylic acid groups (broad SMARTS) is 1. The van der Waals surface area contributed by atoms with Gasteiger partial charge in [-0.15, -0.1) is 0 Å². The van der Waals surface area contributed by atoms with Gasteiger partial charge in [0.05, 0.1) is 13.0 Å². The number of carboxylic acids is 1. The molecule has 0 bridgehead atoms. The Balaban J connectivity index is 2.55. The number of rotatable bonds is 2. The summed E-state index contributed by atoms with van der Waals surface area (Å²) in [5.41, 5.74) is 2.99. The van der Waals surface area contributed by atoms with Crippen LogP contribution in [0.25, 0.3) is 0 Å². The molecule has 0 amide bonds. The highest BCUT2D eigenvalue weighted by molar-refractivity contribution is 5.70. The van der Waals surface area contributed by atoms with Crippen LogP contribution in [0.1, 0.15) is 50.8 Å². The molecule has 0 saturated heterocycles. The summed E-state index contributed by atoms with van der Waals surface area (Å²) < 4.78 is 5.75. The Hall–Kier alpha value is -1.51. The number of benzene rings is 1. The lowest BCUT2D eigenvalue weighted by Gasteiger charge is -2.24. The maximum absolute atomic E-state index is 11.1. The highest BCUT2D eigenvalue weighted by Crippen LogP contribution is 2.44. The van der Waals surface area contributed by atoms with E-state index < -0.39 is 11.4 Å². The lowest BCUT2D eigenvalue weighted by molar-refractivity contribution is -0.138. The van der Waals surface area contributed by atoms with Crippen LogP contribution < -0.4 is 4.74 Å². The SMILES string of the molecule is Cc1cc(C(C)(C)C)cc2c1OC[C@]2(C)CC(=O)O. The second-order valence-electron chi connectivity index (χ2n) is 6.84. The van der Waals surface area contributed by atoms with E-state index in [0.29, 0.717) is 6.61 Å². The molecule has 1 aliphatic heterocycles. The third-order valence-electron chi connectivity index (χ3n) is 3.87. The van der Waals surface area contributed by atoms with E-state index in [2.05, 4.69) is 32.9 Å². The molecule has 104 valence electrons. The van der Waals surface area contributed by atoms with Crippen molar-refractivity contribution in [3.8, 4) is 5.75 Å². The maximum atomic E-state index is 11.1. The minimum atomic E-state index is -0.780. The lowest BCUT2D eigenvalue weighted by atomic mass is 9.77. The first-order valence-electron chi connectivity index (χ1n) is 6.64. The molecule has 3 nitrogen and oxygen atoms in total. The van der Waals surface area contributed by atoms with Gasteiger partial charge in [-0.2, -0.15) is 0 Å². The predicted molar refractivity (Wildman–Crippen MR) is 75.0 cm³/mol. The highest BCUT2D eigenvalue weighted by atomic mass is 16.5. The molecular formula is C16H22O3. The largest absolute Gasteiger partial charge is 0.492 e. The zero-order chi connectivity index (χ0) is 14.4. The van der Waals surface area contributed by atoms with Gasteiger partial charge in [0.25, 0.3) is 0 Å². The van der Waals surface area contributed by atoms with Crippen LogP contribution in [-0.4, -0.2) is 17.7 Å². The van der Waals surface area contributed by atoms with Crippen LogP contribution in [0.15, 0.2) is 12.1 Å². The first-order valence-corrected chi connectivity index (χ1v) is 6.64. The van der Waals surface area contributed by atoms with Gasteiger partial charge in [0.1, 0.15) is 5.75 Å². The van der Waals surface area contributed by atoms with Crippen molar-refractivity contribution in [2.75, 3.05) is 6.61 Å². The molecule has 0 spiro atoms. The molecule has 3 heteroatoms. The summed E-state index contributed by atoms with van der Waals surface area (Å²) in [6.45, 7) is 10.9. The highest BCUT2D eigenvalue weighted by Gasteiger charge is 2.39. The Labute approximate surface area is 114 Å². The minimum Gasteiger partial charge on any atom is -0.492 e. The van der Waals surface area contributed by atoms with Crippen LogP contribution in [0, 0.1) is 6.92 Å². The lowest BCUT2D eigenvalue weighted by Crippen LogP contribution is -2.27. The molecule has 0 fully saturated rings. The number of fused-ring (bicyclic) bond motifs is 1. The fraction of sp³-hybridized carbons (Fsp3) is 0.562. The van der Waals surface area contributed by atoms with Crippen molar-refractivity contribution >= 4 is 5.97 Å². The Morgan fingerprint density at radius 2 is 2.05 bits per heavy atom. The molecule has 0 radical (unpaired) electrons. The normalized spacial score (nSPS) is 21.9. The Kier molecular flexibility index (Phi) is 3.12. The van der Waals surface area contributed by atoms with Gasteiger partial charge in [-0.05, 0) is 23.5 Å². The van der Waals surface area contributed by atoms with Gasteiger partial charge in [-0.1, -0.05) is 39.8 Å². The van der Waals surface area contributed by atoms with Gasteiger partial charge < -0.3 is 9.84 Å². The molecule has 1 aromatic rings. The zero-order valence-electron chi connectivity index (χ0n) is 12.3. The number of hydrogen-bond acceptors (Lipinski definition) is 2. The number of hydrogen-bond donors (Lipinski definition) is 1. The van der Waals surface area contributed by atoms with Crippen LogP contribution in [0.3, 0.4) is 0 Å². The average Bonchev–Trinajstić information content (AvgIpc) is 2.54. The number of ether oxygens (including phenoxy) is 1. The van der Waals surface area contributed by atoms with Gasteiger partial charge in [-0.3, -0.25) is 4.79 Å². The van der Waals surface area contributed by atoms with Gasteiger partial charge in [0, 0.05) is 11.0 Å². The second-order valence-corrected chi connectivity index (χ2v) is 6.84. The molecule has 1 atom stereocenters. The molecular weight excluding hydrogens is 240 g/mol. The van der Waals surface area contributed by atoms with E-state index in [1.165, 1.54) is 5.56 Å². The minimum absolute atomic E-state index is 0.0481. The Morgan fingerprint density at radius 1 is 1.42 bits per heavy atom. The summed E-state index contributed by atoms with van der Waals surface area (Å²) in [5, 5.41) is 9.11. The fourth-order valence-electron chi connectivity index (χ4n) is 2.64. The summed E-state index contributed by atoms with van der Waals surface area (Å²) in [5.74, 6) is 0.0921. The second kappa shape index (κ2) is 4.26. The number of aliphatic carboxylic acids is 1. The van der Waals surface area contributed by atoms with E-state index in [1.54, 1.807) is 0 Å². The van der Waals surface area contributed by atoms with Gasteiger partial charge in [0.15, 0.2) is 0 Å². The van der Waals surface area contributed by atoms with Crippen molar-refractivity contribution in [3.05, 3.63) is 28.8 Å². The van der Waals surface area contributed by atoms with Crippen molar-refractivity contribution in [2.24, 2.45) is 0 Å². The number of aryl methyl sites for hydroxylation is 1. The molecule has 19 heavy (non-hydrogen) atoms. The molecule has 0 aromatic heterocycles. The van der Waals surface area contributed by atoms with Gasteiger partial charge in [-0.25, -0.2) is 0 Å². The molecule has 2 rings (SSSR count). The molecule has 1 aromatic carbocycles. The van der Waals surface area contributed by atoms with Crippen molar-refractivity contribution in [1.29, 1.82) is 0 Å². The topological polar surface area (TPSA) is 46.5 Å². The summed E-state index contributed by atoms with van der Waals surface area (Å²) in [7, 11) is 0. The van der Waals surface area contributed by atoms with E-state index in [9.17, 15) is 4.79 Å². The third kappa shape index (κ3) is 2.46. The first-order chi connectivity index (χ1) is 8.63. The van der Waals surface area contributed by atoms with Crippen LogP contribution in [0.2, 0.25) is 0 Å². The smallest absolute Gasteiger partial charge is 0.304 e.